The lowest BCUT2D eigenvalue weighted by Crippen LogP contribution is -2.56. The summed E-state index contributed by atoms with van der Waals surface area (Å²) in [5.41, 5.74) is 5.26. The van der Waals surface area contributed by atoms with Gasteiger partial charge in [0, 0.05) is 6.54 Å². The second-order valence-corrected chi connectivity index (χ2v) is 14.5. The highest BCUT2D eigenvalue weighted by molar-refractivity contribution is 6.74. The average Bonchev–Trinajstić information content (AvgIpc) is 2.42. The number of ether oxygens (including phenoxy) is 1. The quantitative estimate of drug-likeness (QED) is 0.721. The van der Waals surface area contributed by atoms with E-state index >= 15 is 0 Å². The lowest BCUT2D eigenvalue weighted by atomic mass is 9.95. The van der Waals surface area contributed by atoms with Crippen LogP contribution in [-0.2, 0) is 9.16 Å². The summed E-state index contributed by atoms with van der Waals surface area (Å²) in [4.78, 5) is 14.6. The molecule has 5 nitrogen and oxygen atoms in total. The molecule has 0 bridgehead atoms. The third kappa shape index (κ3) is 6.57. The number of nitrogens with two attached hydrogens (primary N) is 1. The summed E-state index contributed by atoms with van der Waals surface area (Å²) in [5.74, 6) is 0. The fraction of sp³-hybridized carbons (Fsp3) is 0.947. The minimum Gasteiger partial charge on any atom is -0.444 e. The zero-order chi connectivity index (χ0) is 19.5. The zero-order valence-electron chi connectivity index (χ0n) is 17.6. The third-order valence-electron chi connectivity index (χ3n) is 5.30. The predicted molar refractivity (Wildman–Crippen MR) is 106 cm³/mol. The van der Waals surface area contributed by atoms with Crippen molar-refractivity contribution in [3.05, 3.63) is 0 Å². The number of hydrogen-bond donors (Lipinski definition) is 1. The Balaban J connectivity index is 2.97. The maximum Gasteiger partial charge on any atom is 0.410 e. The molecule has 2 atom stereocenters. The van der Waals surface area contributed by atoms with Gasteiger partial charge >= 0.3 is 6.09 Å². The second-order valence-electron chi connectivity index (χ2n) is 9.73. The molecule has 0 aromatic rings. The van der Waals surface area contributed by atoms with Crippen LogP contribution in [0.3, 0.4) is 0 Å². The molecule has 148 valence electrons. The van der Waals surface area contributed by atoms with Gasteiger partial charge in [-0.15, -0.1) is 0 Å². The molecule has 0 aromatic carbocycles. The topological polar surface area (TPSA) is 64.8 Å². The van der Waals surface area contributed by atoms with Crippen molar-refractivity contribution in [2.24, 2.45) is 5.73 Å². The van der Waals surface area contributed by atoms with Gasteiger partial charge in [-0.2, -0.15) is 0 Å². The summed E-state index contributed by atoms with van der Waals surface area (Å²) in [5, 5.41) is 0.152. The smallest absolute Gasteiger partial charge is 0.410 e. The van der Waals surface area contributed by atoms with Crippen LogP contribution in [0.25, 0.3) is 0 Å². The first kappa shape index (κ1) is 22.4. The Morgan fingerprint density at radius 1 is 1.20 bits per heavy atom. The first-order valence-corrected chi connectivity index (χ1v) is 12.6. The Morgan fingerprint density at radius 3 is 2.28 bits per heavy atom. The number of rotatable bonds is 5. The fourth-order valence-corrected chi connectivity index (χ4v) is 4.32. The standard InChI is InChI=1S/C19H40N2O3Si/c1-18(2,3)23-17(22)21-14-10-12-16(15(21)11-9-13-20)24-25(7,8)19(4,5)6/h15-16H,9-14,20H2,1-8H3/t15-,16+/m0/s1. The van der Waals surface area contributed by atoms with Crippen LogP contribution in [0.15, 0.2) is 0 Å². The second kappa shape index (κ2) is 8.40. The zero-order valence-corrected chi connectivity index (χ0v) is 18.6. The SMILES string of the molecule is CC(C)(C)OC(=O)N1CCC[C@@H](O[Si](C)(C)C(C)(C)C)[C@@H]1CCCN. The van der Waals surface area contributed by atoms with Crippen molar-refractivity contribution in [1.82, 2.24) is 4.90 Å². The molecule has 0 spiro atoms. The fourth-order valence-electron chi connectivity index (χ4n) is 2.93. The third-order valence-corrected chi connectivity index (χ3v) is 9.81. The van der Waals surface area contributed by atoms with Crippen LogP contribution in [0.4, 0.5) is 4.79 Å². The largest absolute Gasteiger partial charge is 0.444 e. The molecular weight excluding hydrogens is 332 g/mol. The summed E-state index contributed by atoms with van der Waals surface area (Å²) < 4.78 is 12.4. The van der Waals surface area contributed by atoms with Gasteiger partial charge in [-0.3, -0.25) is 0 Å². The van der Waals surface area contributed by atoms with Gasteiger partial charge in [-0.1, -0.05) is 20.8 Å². The number of nitrogens with zero attached hydrogens (tertiary/aromatic N) is 1. The van der Waals surface area contributed by atoms with Crippen molar-refractivity contribution < 1.29 is 14.0 Å². The Morgan fingerprint density at radius 2 is 1.80 bits per heavy atom. The first-order valence-electron chi connectivity index (χ1n) is 9.66. The minimum atomic E-state index is -1.89. The van der Waals surface area contributed by atoms with Crippen molar-refractivity contribution in [2.45, 2.75) is 103 Å². The van der Waals surface area contributed by atoms with Crippen molar-refractivity contribution in [3.63, 3.8) is 0 Å². The van der Waals surface area contributed by atoms with Crippen molar-refractivity contribution >= 4 is 14.4 Å². The minimum absolute atomic E-state index is 0.0567. The molecule has 0 saturated carbocycles. The van der Waals surface area contributed by atoms with E-state index in [1.165, 1.54) is 0 Å². The van der Waals surface area contributed by atoms with E-state index < -0.39 is 13.9 Å². The van der Waals surface area contributed by atoms with Crippen LogP contribution < -0.4 is 5.73 Å². The molecule has 0 aromatic heterocycles. The molecule has 2 N–H and O–H groups in total. The maximum absolute atomic E-state index is 12.7. The highest BCUT2D eigenvalue weighted by Crippen LogP contribution is 2.39. The monoisotopic (exact) mass is 372 g/mol. The Hall–Kier alpha value is -0.593. The van der Waals surface area contributed by atoms with Crippen LogP contribution >= 0.6 is 0 Å². The van der Waals surface area contributed by atoms with Crippen LogP contribution in [0.1, 0.15) is 67.2 Å². The van der Waals surface area contributed by atoms with Gasteiger partial charge in [-0.05, 0) is 71.1 Å². The summed E-state index contributed by atoms with van der Waals surface area (Å²) in [6.07, 6.45) is 3.57. The van der Waals surface area contributed by atoms with E-state index in [1.807, 2.05) is 25.7 Å². The van der Waals surface area contributed by atoms with E-state index in [2.05, 4.69) is 33.9 Å². The average molecular weight is 373 g/mol. The highest BCUT2D eigenvalue weighted by Gasteiger charge is 2.44. The first-order chi connectivity index (χ1) is 11.3. The van der Waals surface area contributed by atoms with E-state index in [4.69, 9.17) is 14.9 Å². The Kier molecular flexibility index (Phi) is 7.54. The molecule has 0 unspecified atom stereocenters. The molecule has 1 fully saturated rings. The van der Waals surface area contributed by atoms with Gasteiger partial charge in [0.2, 0.25) is 0 Å². The van der Waals surface area contributed by atoms with E-state index in [9.17, 15) is 4.79 Å². The number of carbonyl (C=O) groups is 1. The molecule has 1 saturated heterocycles. The molecule has 1 rings (SSSR count). The number of likely N-dealkylation sites (tertiary alicyclic amines) is 1. The number of carbonyl (C=O) groups excluding carboxylic acids is 1. The summed E-state index contributed by atoms with van der Waals surface area (Å²) in [6, 6.07) is 0.0567. The molecule has 1 heterocycles. The summed E-state index contributed by atoms with van der Waals surface area (Å²) in [6.45, 7) is 18.4. The molecule has 1 amide bonds. The maximum atomic E-state index is 12.7. The Labute approximate surface area is 155 Å². The predicted octanol–water partition coefficient (Wildman–Crippen LogP) is 4.52. The van der Waals surface area contributed by atoms with Gasteiger partial charge in [0.25, 0.3) is 0 Å². The molecular formula is C19H40N2O3Si. The highest BCUT2D eigenvalue weighted by atomic mass is 28.4. The lowest BCUT2D eigenvalue weighted by molar-refractivity contribution is -0.0216. The van der Waals surface area contributed by atoms with Gasteiger partial charge in [-0.25, -0.2) is 4.79 Å². The Bertz CT molecular complexity index is 441. The van der Waals surface area contributed by atoms with Crippen LogP contribution in [-0.4, -0.2) is 50.1 Å². The van der Waals surface area contributed by atoms with Gasteiger partial charge < -0.3 is 19.8 Å². The van der Waals surface area contributed by atoms with Crippen molar-refractivity contribution in [3.8, 4) is 0 Å². The van der Waals surface area contributed by atoms with Gasteiger partial charge in [0.15, 0.2) is 8.32 Å². The van der Waals surface area contributed by atoms with Crippen LogP contribution in [0.5, 0.6) is 0 Å². The number of piperidine rings is 1. The van der Waals surface area contributed by atoms with Gasteiger partial charge in [0.1, 0.15) is 5.60 Å². The summed E-state index contributed by atoms with van der Waals surface area (Å²) >= 11 is 0. The van der Waals surface area contributed by atoms with Gasteiger partial charge in [0.05, 0.1) is 12.1 Å². The van der Waals surface area contributed by atoms with E-state index in [-0.39, 0.29) is 23.3 Å². The lowest BCUT2D eigenvalue weighted by Gasteiger charge is -2.46. The molecule has 0 aliphatic carbocycles. The number of amides is 1. The molecule has 6 heteroatoms. The number of hydrogen-bond acceptors (Lipinski definition) is 4. The van der Waals surface area contributed by atoms with Crippen LogP contribution in [0, 0.1) is 0 Å². The van der Waals surface area contributed by atoms with Crippen molar-refractivity contribution in [2.75, 3.05) is 13.1 Å². The van der Waals surface area contributed by atoms with E-state index in [1.54, 1.807) is 0 Å². The molecule has 25 heavy (non-hydrogen) atoms. The summed E-state index contributed by atoms with van der Waals surface area (Å²) in [7, 11) is -1.89. The van der Waals surface area contributed by atoms with E-state index in [0.29, 0.717) is 6.54 Å². The molecule has 0 radical (unpaired) electrons. The normalized spacial score (nSPS) is 22.8. The van der Waals surface area contributed by atoms with E-state index in [0.717, 1.165) is 32.2 Å². The van der Waals surface area contributed by atoms with Crippen LogP contribution in [0.2, 0.25) is 18.1 Å². The van der Waals surface area contributed by atoms with Crippen molar-refractivity contribution in [1.29, 1.82) is 0 Å². The molecule has 1 aliphatic heterocycles. The molecule has 1 aliphatic rings.